The number of aryl methyl sites for hydroxylation is 2. The molecule has 0 unspecified atom stereocenters. The summed E-state index contributed by atoms with van der Waals surface area (Å²) in [4.78, 5) is 4.23. The number of halogens is 2. The molecular formula is C21H17F2N3O. The van der Waals surface area contributed by atoms with E-state index < -0.39 is 11.6 Å². The van der Waals surface area contributed by atoms with Gasteiger partial charge in [-0.05, 0) is 43.7 Å². The van der Waals surface area contributed by atoms with Gasteiger partial charge < -0.3 is 4.74 Å². The van der Waals surface area contributed by atoms with Crippen molar-refractivity contribution in [1.82, 2.24) is 14.8 Å². The highest BCUT2D eigenvalue weighted by Gasteiger charge is 2.15. The molecule has 136 valence electrons. The summed E-state index contributed by atoms with van der Waals surface area (Å²) in [5, 5.41) is 5.36. The molecule has 0 saturated carbocycles. The van der Waals surface area contributed by atoms with Gasteiger partial charge in [0.15, 0.2) is 0 Å². The van der Waals surface area contributed by atoms with Crippen LogP contribution in [0.15, 0.2) is 54.7 Å². The van der Waals surface area contributed by atoms with Gasteiger partial charge in [0.25, 0.3) is 0 Å². The molecule has 4 nitrogen and oxygen atoms in total. The summed E-state index contributed by atoms with van der Waals surface area (Å²) in [6.45, 7) is 4.04. The lowest BCUT2D eigenvalue weighted by Crippen LogP contribution is -2.04. The van der Waals surface area contributed by atoms with Crippen LogP contribution in [-0.4, -0.2) is 14.8 Å². The third-order valence-corrected chi connectivity index (χ3v) is 4.35. The molecule has 0 amide bonds. The Morgan fingerprint density at radius 2 is 1.89 bits per heavy atom. The first-order valence-electron chi connectivity index (χ1n) is 8.52. The second-order valence-electron chi connectivity index (χ2n) is 6.40. The van der Waals surface area contributed by atoms with E-state index in [-0.39, 0.29) is 6.54 Å². The van der Waals surface area contributed by atoms with Gasteiger partial charge in [-0.3, -0.25) is 4.68 Å². The second-order valence-corrected chi connectivity index (χ2v) is 6.40. The van der Waals surface area contributed by atoms with Crippen LogP contribution in [0.4, 0.5) is 8.78 Å². The largest absolute Gasteiger partial charge is 0.438 e. The average molecular weight is 365 g/mol. The van der Waals surface area contributed by atoms with E-state index in [4.69, 9.17) is 4.74 Å². The molecule has 0 N–H and O–H groups in total. The lowest BCUT2D eigenvalue weighted by molar-refractivity contribution is 0.467. The topological polar surface area (TPSA) is 39.9 Å². The third kappa shape index (κ3) is 3.38. The number of pyridine rings is 1. The first-order chi connectivity index (χ1) is 13.0. The summed E-state index contributed by atoms with van der Waals surface area (Å²) in [7, 11) is 0. The summed E-state index contributed by atoms with van der Waals surface area (Å²) in [6.07, 6.45) is 1.69. The average Bonchev–Trinajstić information content (AvgIpc) is 2.94. The van der Waals surface area contributed by atoms with Crippen molar-refractivity contribution in [3.05, 3.63) is 83.2 Å². The van der Waals surface area contributed by atoms with E-state index in [9.17, 15) is 8.78 Å². The molecule has 27 heavy (non-hydrogen) atoms. The van der Waals surface area contributed by atoms with Gasteiger partial charge in [0.1, 0.15) is 17.4 Å². The highest BCUT2D eigenvalue weighted by atomic mass is 19.1. The SMILES string of the molecule is Cc1ccnc(Oc2cccc3c2c(C)nn3Cc2ccc(F)cc2F)c1. The van der Waals surface area contributed by atoms with Crippen LogP contribution < -0.4 is 4.74 Å². The summed E-state index contributed by atoms with van der Waals surface area (Å²) >= 11 is 0. The number of nitrogens with zero attached hydrogens (tertiary/aromatic N) is 3. The highest BCUT2D eigenvalue weighted by Crippen LogP contribution is 2.32. The first-order valence-corrected chi connectivity index (χ1v) is 8.52. The van der Waals surface area contributed by atoms with Crippen LogP contribution in [0.3, 0.4) is 0 Å². The maximum absolute atomic E-state index is 14.0. The van der Waals surface area contributed by atoms with Crippen molar-refractivity contribution in [2.24, 2.45) is 0 Å². The Kier molecular flexibility index (Phi) is 4.32. The molecule has 2 aromatic carbocycles. The van der Waals surface area contributed by atoms with Gasteiger partial charge in [-0.1, -0.05) is 12.1 Å². The fraction of sp³-hybridized carbons (Fsp3) is 0.143. The predicted molar refractivity (Wildman–Crippen MR) is 99.0 cm³/mol. The van der Waals surface area contributed by atoms with E-state index in [1.54, 1.807) is 10.9 Å². The molecule has 0 aliphatic heterocycles. The van der Waals surface area contributed by atoms with Gasteiger partial charge in [0.2, 0.25) is 5.88 Å². The van der Waals surface area contributed by atoms with Crippen molar-refractivity contribution in [2.75, 3.05) is 0 Å². The molecule has 0 atom stereocenters. The van der Waals surface area contributed by atoms with Crippen molar-refractivity contribution in [3.63, 3.8) is 0 Å². The molecule has 6 heteroatoms. The van der Waals surface area contributed by atoms with Gasteiger partial charge in [0, 0.05) is 23.9 Å². The lowest BCUT2D eigenvalue weighted by Gasteiger charge is -2.08. The van der Waals surface area contributed by atoms with Crippen molar-refractivity contribution < 1.29 is 13.5 Å². The summed E-state index contributed by atoms with van der Waals surface area (Å²) in [5.41, 5.74) is 2.98. The molecule has 4 aromatic rings. The predicted octanol–water partition coefficient (Wildman–Crippen LogP) is 5.17. The summed E-state index contributed by atoms with van der Waals surface area (Å²) in [5.74, 6) is -0.0556. The van der Waals surface area contributed by atoms with Crippen LogP contribution in [0.5, 0.6) is 11.6 Å². The smallest absolute Gasteiger partial charge is 0.219 e. The van der Waals surface area contributed by atoms with Gasteiger partial charge in [-0.25, -0.2) is 13.8 Å². The van der Waals surface area contributed by atoms with E-state index in [0.29, 0.717) is 17.2 Å². The number of rotatable bonds is 4. The van der Waals surface area contributed by atoms with Gasteiger partial charge in [0.05, 0.1) is 23.1 Å². The molecule has 0 aliphatic carbocycles. The van der Waals surface area contributed by atoms with Crippen LogP contribution >= 0.6 is 0 Å². The monoisotopic (exact) mass is 365 g/mol. The van der Waals surface area contributed by atoms with E-state index in [0.717, 1.165) is 28.2 Å². The lowest BCUT2D eigenvalue weighted by atomic mass is 10.2. The number of benzene rings is 2. The Morgan fingerprint density at radius 1 is 1.04 bits per heavy atom. The maximum Gasteiger partial charge on any atom is 0.219 e. The molecule has 0 spiro atoms. The standard InChI is InChI=1S/C21H17F2N3O/c1-13-8-9-24-20(10-13)27-19-5-3-4-18-21(19)14(2)25-26(18)12-15-6-7-16(22)11-17(15)23/h3-11H,12H2,1-2H3. The molecule has 2 aromatic heterocycles. The van der Waals surface area contributed by atoms with E-state index in [2.05, 4.69) is 10.1 Å². The van der Waals surface area contributed by atoms with Crippen molar-refractivity contribution >= 4 is 10.9 Å². The molecule has 4 rings (SSSR count). The highest BCUT2D eigenvalue weighted by molar-refractivity contribution is 5.88. The number of aromatic nitrogens is 3. The second kappa shape index (κ2) is 6.79. The Morgan fingerprint density at radius 3 is 2.67 bits per heavy atom. The summed E-state index contributed by atoms with van der Waals surface area (Å²) in [6, 6.07) is 12.9. The van der Waals surface area contributed by atoms with E-state index in [1.807, 2.05) is 44.2 Å². The molecule has 0 fully saturated rings. The molecule has 0 radical (unpaired) electrons. The molecule has 2 heterocycles. The fourth-order valence-corrected chi connectivity index (χ4v) is 3.08. The molecule has 0 saturated heterocycles. The van der Waals surface area contributed by atoms with Crippen molar-refractivity contribution in [1.29, 1.82) is 0 Å². The first kappa shape index (κ1) is 17.1. The normalized spacial score (nSPS) is 11.1. The zero-order valence-corrected chi connectivity index (χ0v) is 14.9. The number of hydrogen-bond acceptors (Lipinski definition) is 3. The van der Waals surface area contributed by atoms with Crippen LogP contribution in [0, 0.1) is 25.5 Å². The maximum atomic E-state index is 14.0. The van der Waals surface area contributed by atoms with Crippen LogP contribution in [-0.2, 0) is 6.54 Å². The number of ether oxygens (including phenoxy) is 1. The Bertz CT molecular complexity index is 1140. The van der Waals surface area contributed by atoms with Gasteiger partial charge >= 0.3 is 0 Å². The van der Waals surface area contributed by atoms with Crippen molar-refractivity contribution in [2.45, 2.75) is 20.4 Å². The van der Waals surface area contributed by atoms with Gasteiger partial charge in [-0.15, -0.1) is 0 Å². The Hall–Kier alpha value is -3.28. The minimum absolute atomic E-state index is 0.197. The molecular weight excluding hydrogens is 348 g/mol. The number of hydrogen-bond donors (Lipinski definition) is 0. The van der Waals surface area contributed by atoms with E-state index in [1.165, 1.54) is 12.1 Å². The quantitative estimate of drug-likeness (QED) is 0.501. The summed E-state index contributed by atoms with van der Waals surface area (Å²) < 4.78 is 34.8. The van der Waals surface area contributed by atoms with Gasteiger partial charge in [-0.2, -0.15) is 5.10 Å². The number of fused-ring (bicyclic) bond motifs is 1. The minimum Gasteiger partial charge on any atom is -0.438 e. The van der Waals surface area contributed by atoms with Crippen molar-refractivity contribution in [3.8, 4) is 11.6 Å². The molecule has 0 bridgehead atoms. The van der Waals surface area contributed by atoms with Crippen LogP contribution in [0.25, 0.3) is 10.9 Å². The zero-order valence-electron chi connectivity index (χ0n) is 14.9. The Balaban J connectivity index is 1.74. The molecule has 0 aliphatic rings. The van der Waals surface area contributed by atoms with Crippen LogP contribution in [0.2, 0.25) is 0 Å². The van der Waals surface area contributed by atoms with Crippen LogP contribution in [0.1, 0.15) is 16.8 Å². The third-order valence-electron chi connectivity index (χ3n) is 4.35. The minimum atomic E-state index is -0.598. The zero-order chi connectivity index (χ0) is 19.0. The van der Waals surface area contributed by atoms with E-state index >= 15 is 0 Å². The Labute approximate surface area is 155 Å². The fourth-order valence-electron chi connectivity index (χ4n) is 3.08.